The van der Waals surface area contributed by atoms with Crippen molar-refractivity contribution >= 4 is 6.09 Å². The molecule has 1 saturated heterocycles. The van der Waals surface area contributed by atoms with Crippen LogP contribution in [0.1, 0.15) is 59.3 Å². The quantitative estimate of drug-likeness (QED) is 0.570. The Labute approximate surface area is 128 Å². The van der Waals surface area contributed by atoms with E-state index in [4.69, 9.17) is 9.47 Å². The Hall–Kier alpha value is -1.03. The van der Waals surface area contributed by atoms with E-state index >= 15 is 0 Å². The van der Waals surface area contributed by atoms with E-state index in [0.717, 1.165) is 38.7 Å². The summed E-state index contributed by atoms with van der Waals surface area (Å²) in [5, 5.41) is 0. The molecule has 0 aliphatic carbocycles. The van der Waals surface area contributed by atoms with Gasteiger partial charge in [0.05, 0.1) is 6.04 Å². The second-order valence-electron chi connectivity index (χ2n) is 7.17. The third kappa shape index (κ3) is 4.47. The van der Waals surface area contributed by atoms with Crippen LogP contribution in [0.3, 0.4) is 0 Å². The van der Waals surface area contributed by atoms with E-state index in [1.54, 1.807) is 7.11 Å². The molecule has 2 heterocycles. The van der Waals surface area contributed by atoms with Crippen LogP contribution >= 0.6 is 0 Å². The van der Waals surface area contributed by atoms with E-state index in [1.807, 2.05) is 25.7 Å². The van der Waals surface area contributed by atoms with Gasteiger partial charge in [0, 0.05) is 19.8 Å². The number of fused-ring (bicyclic) bond motifs is 2. The van der Waals surface area contributed by atoms with E-state index in [2.05, 4.69) is 6.08 Å². The van der Waals surface area contributed by atoms with Crippen molar-refractivity contribution in [3.63, 3.8) is 0 Å². The van der Waals surface area contributed by atoms with Crippen molar-refractivity contribution in [2.75, 3.05) is 13.7 Å². The van der Waals surface area contributed by atoms with Crippen molar-refractivity contribution in [2.24, 2.45) is 0 Å². The molecule has 0 saturated carbocycles. The number of rotatable bonds is 5. The largest absolute Gasteiger partial charge is 0.444 e. The maximum atomic E-state index is 12.3. The van der Waals surface area contributed by atoms with Gasteiger partial charge in [-0.15, -0.1) is 0 Å². The molecule has 1 amide bonds. The number of hydrogen-bond donors (Lipinski definition) is 0. The molecule has 2 bridgehead atoms. The first kappa shape index (κ1) is 16.3. The first-order valence-corrected chi connectivity index (χ1v) is 8.10. The first-order valence-electron chi connectivity index (χ1n) is 8.10. The molecule has 2 aliphatic rings. The van der Waals surface area contributed by atoms with Crippen molar-refractivity contribution < 1.29 is 14.3 Å². The highest BCUT2D eigenvalue weighted by Crippen LogP contribution is 2.37. The van der Waals surface area contributed by atoms with Crippen molar-refractivity contribution in [2.45, 2.75) is 77.0 Å². The van der Waals surface area contributed by atoms with Gasteiger partial charge >= 0.3 is 6.09 Å². The molecule has 21 heavy (non-hydrogen) atoms. The molecule has 2 rings (SSSR count). The van der Waals surface area contributed by atoms with Crippen molar-refractivity contribution in [1.29, 1.82) is 0 Å². The molecule has 4 heteroatoms. The summed E-state index contributed by atoms with van der Waals surface area (Å²) in [6.45, 7) is 6.61. The van der Waals surface area contributed by atoms with Gasteiger partial charge < -0.3 is 9.47 Å². The van der Waals surface area contributed by atoms with E-state index < -0.39 is 5.60 Å². The minimum absolute atomic E-state index is 0.148. The van der Waals surface area contributed by atoms with Crippen LogP contribution in [0, 0.1) is 0 Å². The van der Waals surface area contributed by atoms with E-state index in [0.29, 0.717) is 6.04 Å². The zero-order valence-corrected chi connectivity index (χ0v) is 13.9. The number of ether oxygens (including phenoxy) is 2. The van der Waals surface area contributed by atoms with Gasteiger partial charge in [0.25, 0.3) is 0 Å². The Balaban J connectivity index is 1.91. The predicted molar refractivity (Wildman–Crippen MR) is 83.3 cm³/mol. The van der Waals surface area contributed by atoms with Crippen LogP contribution in [0.2, 0.25) is 0 Å². The minimum atomic E-state index is -0.416. The fourth-order valence-corrected chi connectivity index (χ4v) is 3.30. The molecule has 2 unspecified atom stereocenters. The van der Waals surface area contributed by atoms with Crippen LogP contribution in [-0.2, 0) is 9.47 Å². The maximum absolute atomic E-state index is 12.3. The summed E-state index contributed by atoms with van der Waals surface area (Å²) in [5.41, 5.74) is 1.10. The second kappa shape index (κ2) is 6.82. The summed E-state index contributed by atoms with van der Waals surface area (Å²) in [4.78, 5) is 14.3. The van der Waals surface area contributed by atoms with Crippen molar-refractivity contribution in [1.82, 2.24) is 4.90 Å². The number of methoxy groups -OCH3 is 1. The molecule has 120 valence electrons. The maximum Gasteiger partial charge on any atom is 0.411 e. The summed E-state index contributed by atoms with van der Waals surface area (Å²) in [5.74, 6) is 0. The molecule has 4 nitrogen and oxygen atoms in total. The molecule has 2 aliphatic heterocycles. The second-order valence-corrected chi connectivity index (χ2v) is 7.17. The molecule has 0 N–H and O–H groups in total. The summed E-state index contributed by atoms with van der Waals surface area (Å²) >= 11 is 0. The summed E-state index contributed by atoms with van der Waals surface area (Å²) in [6, 6.07) is 0.586. The van der Waals surface area contributed by atoms with Gasteiger partial charge in [-0.05, 0) is 59.3 Å². The zero-order chi connectivity index (χ0) is 15.5. The highest BCUT2D eigenvalue weighted by molar-refractivity contribution is 5.70. The molecule has 0 aromatic carbocycles. The molecule has 0 aromatic heterocycles. The third-order valence-corrected chi connectivity index (χ3v) is 4.17. The molecule has 0 spiro atoms. The molecule has 2 atom stereocenters. The lowest BCUT2D eigenvalue weighted by atomic mass is 9.97. The van der Waals surface area contributed by atoms with Gasteiger partial charge in [0.2, 0.25) is 0 Å². The molecular weight excluding hydrogens is 266 g/mol. The number of carbonyl (C=O) groups excluding carboxylic acids is 1. The number of carbonyl (C=O) groups is 1. The number of amides is 1. The Kier molecular flexibility index (Phi) is 5.31. The van der Waals surface area contributed by atoms with Crippen LogP contribution < -0.4 is 0 Å². The fraction of sp³-hybridized carbons (Fsp3) is 0.824. The summed E-state index contributed by atoms with van der Waals surface area (Å²) in [6.07, 6.45) is 8.77. The number of unbranched alkanes of at least 4 members (excludes halogenated alkanes) is 1. The topological polar surface area (TPSA) is 38.8 Å². The van der Waals surface area contributed by atoms with E-state index in [-0.39, 0.29) is 12.1 Å². The summed E-state index contributed by atoms with van der Waals surface area (Å²) in [7, 11) is 1.75. The van der Waals surface area contributed by atoms with E-state index in [9.17, 15) is 4.79 Å². The van der Waals surface area contributed by atoms with Crippen LogP contribution in [0.5, 0.6) is 0 Å². The SMILES string of the molecule is COCCCCC1=CC2CCC(C1)N2C(=O)OC(C)(C)C. The molecular formula is C17H29NO3. The van der Waals surface area contributed by atoms with E-state index in [1.165, 1.54) is 12.0 Å². The average molecular weight is 295 g/mol. The fourth-order valence-electron chi connectivity index (χ4n) is 3.30. The monoisotopic (exact) mass is 295 g/mol. The number of hydrogen-bond acceptors (Lipinski definition) is 3. The lowest BCUT2D eigenvalue weighted by Gasteiger charge is -2.35. The van der Waals surface area contributed by atoms with Gasteiger partial charge in [-0.1, -0.05) is 11.6 Å². The van der Waals surface area contributed by atoms with Gasteiger partial charge in [-0.3, -0.25) is 4.90 Å². The lowest BCUT2D eigenvalue weighted by Crippen LogP contribution is -2.45. The standard InChI is InChI=1S/C17H29NO3/c1-17(2,3)21-16(19)18-14-8-9-15(18)12-13(11-14)7-5-6-10-20-4/h11,14-15H,5-10,12H2,1-4H3. The minimum Gasteiger partial charge on any atom is -0.444 e. The van der Waals surface area contributed by atoms with Gasteiger partial charge in [0.15, 0.2) is 0 Å². The van der Waals surface area contributed by atoms with Crippen LogP contribution in [0.4, 0.5) is 4.79 Å². The van der Waals surface area contributed by atoms with Crippen LogP contribution in [0.25, 0.3) is 0 Å². The highest BCUT2D eigenvalue weighted by atomic mass is 16.6. The number of nitrogens with zero attached hydrogens (tertiary/aromatic N) is 1. The van der Waals surface area contributed by atoms with Crippen molar-refractivity contribution in [3.05, 3.63) is 11.6 Å². The highest BCUT2D eigenvalue weighted by Gasteiger charge is 2.41. The Morgan fingerprint density at radius 2 is 2.10 bits per heavy atom. The lowest BCUT2D eigenvalue weighted by molar-refractivity contribution is 0.0166. The van der Waals surface area contributed by atoms with Crippen LogP contribution in [0.15, 0.2) is 11.6 Å². The smallest absolute Gasteiger partial charge is 0.411 e. The summed E-state index contributed by atoms with van der Waals surface area (Å²) < 4.78 is 10.6. The van der Waals surface area contributed by atoms with Gasteiger partial charge in [-0.25, -0.2) is 4.79 Å². The Morgan fingerprint density at radius 1 is 1.33 bits per heavy atom. The molecule has 0 radical (unpaired) electrons. The van der Waals surface area contributed by atoms with Gasteiger partial charge in [0.1, 0.15) is 5.60 Å². The molecule has 0 aromatic rings. The Morgan fingerprint density at radius 3 is 2.71 bits per heavy atom. The zero-order valence-electron chi connectivity index (χ0n) is 13.9. The normalized spacial score (nSPS) is 25.0. The first-order chi connectivity index (χ1) is 9.90. The Bertz CT molecular complexity index is 397. The van der Waals surface area contributed by atoms with Crippen LogP contribution in [-0.4, -0.2) is 42.4 Å². The van der Waals surface area contributed by atoms with Crippen molar-refractivity contribution in [3.8, 4) is 0 Å². The van der Waals surface area contributed by atoms with Gasteiger partial charge in [-0.2, -0.15) is 0 Å². The predicted octanol–water partition coefficient (Wildman–Crippen LogP) is 3.90. The average Bonchev–Trinajstić information content (AvgIpc) is 2.65. The molecule has 1 fully saturated rings. The third-order valence-electron chi connectivity index (χ3n) is 4.17.